The van der Waals surface area contributed by atoms with E-state index in [9.17, 15) is 13.2 Å². The summed E-state index contributed by atoms with van der Waals surface area (Å²) in [5.41, 5.74) is 4.05. The molecule has 1 amide bonds. The molecular weight excluding hydrogens is 422 g/mol. The highest BCUT2D eigenvalue weighted by molar-refractivity contribution is 7.90. The molecule has 164 valence electrons. The van der Waals surface area contributed by atoms with Crippen molar-refractivity contribution < 1.29 is 17.8 Å². The van der Waals surface area contributed by atoms with Crippen LogP contribution in [0.4, 0.5) is 0 Å². The van der Waals surface area contributed by atoms with Gasteiger partial charge in [0.2, 0.25) is 5.71 Å². The van der Waals surface area contributed by atoms with Crippen LogP contribution in [0.3, 0.4) is 0 Å². The average molecular weight is 449 g/mol. The highest BCUT2D eigenvalue weighted by Crippen LogP contribution is 2.21. The van der Waals surface area contributed by atoms with Gasteiger partial charge in [-0.05, 0) is 42.8 Å². The normalized spacial score (nSPS) is 14.3. The number of pyridine rings is 1. The molecule has 6 nitrogen and oxygen atoms in total. The maximum Gasteiger partial charge on any atom is 0.255 e. The molecule has 3 aromatic rings. The largest absolute Gasteiger partial charge is 0.326 e. The van der Waals surface area contributed by atoms with E-state index in [4.69, 9.17) is 0 Å². The SMILES string of the molecule is Cc1cncc(C(=O)N2CC[N+](=C(c3ccccc3)c3ccccc3S(C)(=O)=O)CC2)c1. The number of carbonyl (C=O) groups excluding carboxylic acids is 1. The minimum absolute atomic E-state index is 0.0290. The number of hydrogen-bond acceptors (Lipinski definition) is 4. The molecule has 1 saturated heterocycles. The van der Waals surface area contributed by atoms with Gasteiger partial charge in [0.05, 0.1) is 29.1 Å². The summed E-state index contributed by atoms with van der Waals surface area (Å²) in [5, 5.41) is 0. The molecule has 0 saturated carbocycles. The van der Waals surface area contributed by atoms with Crippen LogP contribution in [0.25, 0.3) is 0 Å². The van der Waals surface area contributed by atoms with Gasteiger partial charge in [-0.15, -0.1) is 0 Å². The third-order valence-electron chi connectivity index (χ3n) is 5.59. The molecule has 0 atom stereocenters. The zero-order chi connectivity index (χ0) is 22.7. The van der Waals surface area contributed by atoms with Gasteiger partial charge in [0.15, 0.2) is 22.9 Å². The minimum Gasteiger partial charge on any atom is -0.326 e. The molecule has 0 unspecified atom stereocenters. The van der Waals surface area contributed by atoms with Crippen molar-refractivity contribution in [1.29, 1.82) is 0 Å². The number of amides is 1. The third-order valence-corrected chi connectivity index (χ3v) is 6.75. The van der Waals surface area contributed by atoms with Gasteiger partial charge >= 0.3 is 0 Å². The van der Waals surface area contributed by atoms with Gasteiger partial charge in [0.25, 0.3) is 5.91 Å². The zero-order valence-corrected chi connectivity index (χ0v) is 19.0. The number of hydrogen-bond donors (Lipinski definition) is 0. The Labute approximate surface area is 188 Å². The fourth-order valence-corrected chi connectivity index (χ4v) is 4.97. The molecular formula is C25H26N3O3S+. The molecule has 2 heterocycles. The highest BCUT2D eigenvalue weighted by Gasteiger charge is 2.30. The smallest absolute Gasteiger partial charge is 0.255 e. The van der Waals surface area contributed by atoms with Crippen LogP contribution >= 0.6 is 0 Å². The lowest BCUT2D eigenvalue weighted by Crippen LogP contribution is -2.47. The molecule has 2 aromatic carbocycles. The topological polar surface area (TPSA) is 70.3 Å². The second-order valence-corrected chi connectivity index (χ2v) is 10.00. The molecule has 32 heavy (non-hydrogen) atoms. The first kappa shape index (κ1) is 21.9. The average Bonchev–Trinajstić information content (AvgIpc) is 2.80. The minimum atomic E-state index is -3.41. The Kier molecular flexibility index (Phi) is 6.19. The van der Waals surface area contributed by atoms with Crippen LogP contribution in [0.2, 0.25) is 0 Å². The number of sulfone groups is 1. The lowest BCUT2D eigenvalue weighted by atomic mass is 10.0. The Balaban J connectivity index is 1.71. The lowest BCUT2D eigenvalue weighted by Gasteiger charge is -2.27. The molecule has 1 aromatic heterocycles. The van der Waals surface area contributed by atoms with E-state index >= 15 is 0 Å². The molecule has 4 rings (SSSR count). The van der Waals surface area contributed by atoms with Crippen LogP contribution in [0.5, 0.6) is 0 Å². The molecule has 1 aliphatic rings. The first-order valence-electron chi connectivity index (χ1n) is 10.5. The van der Waals surface area contributed by atoms with E-state index in [0.717, 1.165) is 16.8 Å². The first-order chi connectivity index (χ1) is 15.3. The van der Waals surface area contributed by atoms with Gasteiger partial charge in [-0.25, -0.2) is 13.0 Å². The number of nitrogens with zero attached hydrogens (tertiary/aromatic N) is 3. The Bertz CT molecular complexity index is 1270. The second-order valence-electron chi connectivity index (χ2n) is 8.01. The number of rotatable bonds is 4. The van der Waals surface area contributed by atoms with E-state index in [1.165, 1.54) is 6.26 Å². The summed E-state index contributed by atoms with van der Waals surface area (Å²) in [6.07, 6.45) is 4.57. The van der Waals surface area contributed by atoms with Crippen molar-refractivity contribution in [2.75, 3.05) is 32.4 Å². The zero-order valence-electron chi connectivity index (χ0n) is 18.2. The van der Waals surface area contributed by atoms with Gasteiger partial charge in [-0.1, -0.05) is 30.3 Å². The Morgan fingerprint density at radius 2 is 1.59 bits per heavy atom. The molecule has 0 radical (unpaired) electrons. The molecule has 0 N–H and O–H groups in total. The third kappa shape index (κ3) is 4.62. The van der Waals surface area contributed by atoms with Crippen molar-refractivity contribution in [3.63, 3.8) is 0 Å². The molecule has 1 fully saturated rings. The fraction of sp³-hybridized carbons (Fsp3) is 0.240. The van der Waals surface area contributed by atoms with Crippen LogP contribution in [-0.2, 0) is 9.84 Å². The summed E-state index contributed by atoms with van der Waals surface area (Å²) in [6.45, 7) is 4.22. The van der Waals surface area contributed by atoms with E-state index in [-0.39, 0.29) is 5.91 Å². The van der Waals surface area contributed by atoms with Gasteiger partial charge in [0.1, 0.15) is 0 Å². The Morgan fingerprint density at radius 1 is 0.938 bits per heavy atom. The fourth-order valence-electron chi connectivity index (χ4n) is 4.08. The summed E-state index contributed by atoms with van der Waals surface area (Å²) in [7, 11) is -3.41. The van der Waals surface area contributed by atoms with Crippen LogP contribution in [0, 0.1) is 6.92 Å². The molecule has 0 spiro atoms. The van der Waals surface area contributed by atoms with E-state index in [2.05, 4.69) is 9.56 Å². The quantitative estimate of drug-likeness (QED) is 0.576. The summed E-state index contributed by atoms with van der Waals surface area (Å²) < 4.78 is 27.2. The number of carbonyl (C=O) groups is 1. The van der Waals surface area contributed by atoms with Crippen LogP contribution in [0.15, 0.2) is 78.0 Å². The van der Waals surface area contributed by atoms with Crippen molar-refractivity contribution >= 4 is 21.5 Å². The van der Waals surface area contributed by atoms with E-state index in [1.54, 1.807) is 24.5 Å². The first-order valence-corrected chi connectivity index (χ1v) is 12.4. The van der Waals surface area contributed by atoms with Crippen molar-refractivity contribution in [3.8, 4) is 0 Å². The van der Waals surface area contributed by atoms with Gasteiger partial charge < -0.3 is 4.90 Å². The molecule has 0 bridgehead atoms. The van der Waals surface area contributed by atoms with Crippen molar-refractivity contribution in [1.82, 2.24) is 9.88 Å². The maximum atomic E-state index is 12.9. The number of aromatic nitrogens is 1. The predicted molar refractivity (Wildman–Crippen MR) is 124 cm³/mol. The highest BCUT2D eigenvalue weighted by atomic mass is 32.2. The van der Waals surface area contributed by atoms with E-state index < -0.39 is 9.84 Å². The van der Waals surface area contributed by atoms with Crippen LogP contribution < -0.4 is 0 Å². The van der Waals surface area contributed by atoms with E-state index in [1.807, 2.05) is 60.4 Å². The summed E-state index contributed by atoms with van der Waals surface area (Å²) in [5.74, 6) is -0.0290. The second kappa shape index (κ2) is 9.04. The standard InChI is InChI=1S/C25H26N3O3S/c1-19-16-21(18-26-17-19)25(29)28-14-12-27(13-15-28)24(20-8-4-3-5-9-20)22-10-6-7-11-23(22)32(2,30)31/h3-11,16-18H,12-15H2,1-2H3/q+1. The van der Waals surface area contributed by atoms with Crippen molar-refractivity contribution in [2.24, 2.45) is 0 Å². The number of piperazine rings is 1. The predicted octanol–water partition coefficient (Wildman–Crippen LogP) is 2.80. The molecule has 0 aliphatic carbocycles. The number of benzene rings is 2. The van der Waals surface area contributed by atoms with E-state index in [0.29, 0.717) is 42.2 Å². The van der Waals surface area contributed by atoms with Crippen molar-refractivity contribution in [2.45, 2.75) is 11.8 Å². The van der Waals surface area contributed by atoms with Gasteiger partial charge in [-0.2, -0.15) is 0 Å². The summed E-state index contributed by atoms with van der Waals surface area (Å²) >= 11 is 0. The Hall–Kier alpha value is -3.32. The monoisotopic (exact) mass is 448 g/mol. The molecule has 1 aliphatic heterocycles. The van der Waals surface area contributed by atoms with Gasteiger partial charge in [0, 0.05) is 24.2 Å². The van der Waals surface area contributed by atoms with Crippen molar-refractivity contribution in [3.05, 3.63) is 95.3 Å². The lowest BCUT2D eigenvalue weighted by molar-refractivity contribution is -0.537. The van der Waals surface area contributed by atoms with Crippen LogP contribution in [-0.4, -0.2) is 66.9 Å². The van der Waals surface area contributed by atoms with Crippen LogP contribution in [0.1, 0.15) is 27.0 Å². The molecule has 7 heteroatoms. The Morgan fingerprint density at radius 3 is 2.25 bits per heavy atom. The summed E-state index contributed by atoms with van der Waals surface area (Å²) in [6, 6.07) is 18.8. The summed E-state index contributed by atoms with van der Waals surface area (Å²) in [4.78, 5) is 19.2. The van der Waals surface area contributed by atoms with Gasteiger partial charge in [-0.3, -0.25) is 9.78 Å². The maximum absolute atomic E-state index is 12.9. The number of aryl methyl sites for hydroxylation is 1.